The molecule has 0 aliphatic heterocycles. The van der Waals surface area contributed by atoms with Crippen LogP contribution in [0, 0.1) is 0 Å². The second kappa shape index (κ2) is 6.29. The molecule has 0 unspecified atom stereocenters. The van der Waals surface area contributed by atoms with Gasteiger partial charge in [0, 0.05) is 35.2 Å². The lowest BCUT2D eigenvalue weighted by Gasteiger charge is -2.07. The van der Waals surface area contributed by atoms with Crippen molar-refractivity contribution in [3.05, 3.63) is 52.8 Å². The van der Waals surface area contributed by atoms with E-state index in [1.807, 2.05) is 0 Å². The van der Waals surface area contributed by atoms with Crippen LogP contribution in [0.25, 0.3) is 0 Å². The van der Waals surface area contributed by atoms with Crippen molar-refractivity contribution in [2.24, 2.45) is 0 Å². The molecule has 5 nitrogen and oxygen atoms in total. The minimum atomic E-state index is -0.244. The molecule has 0 bridgehead atoms. The van der Waals surface area contributed by atoms with Crippen LogP contribution in [0.2, 0.25) is 0 Å². The first-order chi connectivity index (χ1) is 9.54. The number of hydrogen-bond donors (Lipinski definition) is 2. The first-order valence-corrected chi connectivity index (χ1v) is 6.63. The van der Waals surface area contributed by atoms with Gasteiger partial charge >= 0.3 is 0 Å². The van der Waals surface area contributed by atoms with E-state index in [1.165, 1.54) is 13.1 Å². The summed E-state index contributed by atoms with van der Waals surface area (Å²) in [6.45, 7) is 1.44. The molecule has 6 heteroatoms. The summed E-state index contributed by atoms with van der Waals surface area (Å²) in [7, 11) is 0. The fourth-order valence-electron chi connectivity index (χ4n) is 1.58. The van der Waals surface area contributed by atoms with E-state index in [0.29, 0.717) is 16.9 Å². The van der Waals surface area contributed by atoms with Crippen LogP contribution in [0.5, 0.6) is 0 Å². The normalized spacial score (nSPS) is 9.90. The Morgan fingerprint density at radius 2 is 1.65 bits per heavy atom. The van der Waals surface area contributed by atoms with Gasteiger partial charge in [0.05, 0.1) is 5.56 Å². The molecular weight excluding hydrogens is 322 g/mol. The maximum atomic E-state index is 12.0. The van der Waals surface area contributed by atoms with Crippen molar-refractivity contribution in [3.63, 3.8) is 0 Å². The topological polar surface area (TPSA) is 71.1 Å². The van der Waals surface area contributed by atoms with Gasteiger partial charge in [0.1, 0.15) is 0 Å². The molecule has 0 saturated carbocycles. The van der Waals surface area contributed by atoms with Crippen LogP contribution in [0.1, 0.15) is 17.3 Å². The van der Waals surface area contributed by atoms with E-state index in [-0.39, 0.29) is 11.8 Å². The molecule has 0 saturated heterocycles. The van der Waals surface area contributed by atoms with Gasteiger partial charge in [0.15, 0.2) is 0 Å². The SMILES string of the molecule is CC(=O)Nc1ccc(NC(=O)c2cncc(Br)c2)cc1. The molecule has 2 amide bonds. The molecule has 0 spiro atoms. The highest BCUT2D eigenvalue weighted by molar-refractivity contribution is 9.10. The van der Waals surface area contributed by atoms with Gasteiger partial charge in [-0.05, 0) is 46.3 Å². The van der Waals surface area contributed by atoms with E-state index in [2.05, 4.69) is 31.5 Å². The van der Waals surface area contributed by atoms with Gasteiger partial charge in [-0.25, -0.2) is 0 Å². The van der Waals surface area contributed by atoms with Crippen molar-refractivity contribution in [3.8, 4) is 0 Å². The summed E-state index contributed by atoms with van der Waals surface area (Å²) in [6, 6.07) is 8.56. The molecule has 1 aromatic heterocycles. The van der Waals surface area contributed by atoms with Crippen LogP contribution in [0.3, 0.4) is 0 Å². The minimum Gasteiger partial charge on any atom is -0.326 e. The highest BCUT2D eigenvalue weighted by Crippen LogP contribution is 2.15. The van der Waals surface area contributed by atoms with Crippen molar-refractivity contribution >= 4 is 39.1 Å². The lowest BCUT2D eigenvalue weighted by molar-refractivity contribution is -0.114. The molecular formula is C14H12BrN3O2. The first-order valence-electron chi connectivity index (χ1n) is 5.84. The Hall–Kier alpha value is -2.21. The summed E-state index contributed by atoms with van der Waals surface area (Å²) in [4.78, 5) is 26.8. The average Bonchev–Trinajstić information content (AvgIpc) is 2.40. The van der Waals surface area contributed by atoms with Crippen LogP contribution in [0.4, 0.5) is 11.4 Å². The van der Waals surface area contributed by atoms with Gasteiger partial charge in [0.25, 0.3) is 5.91 Å². The number of hydrogen-bond acceptors (Lipinski definition) is 3. The van der Waals surface area contributed by atoms with Gasteiger partial charge in [-0.2, -0.15) is 0 Å². The number of aromatic nitrogens is 1. The molecule has 0 radical (unpaired) electrons. The van der Waals surface area contributed by atoms with E-state index in [9.17, 15) is 9.59 Å². The predicted molar refractivity (Wildman–Crippen MR) is 80.6 cm³/mol. The summed E-state index contributed by atoms with van der Waals surface area (Å²) < 4.78 is 0.742. The fourth-order valence-corrected chi connectivity index (χ4v) is 1.94. The number of nitrogens with zero attached hydrogens (tertiary/aromatic N) is 1. The Balaban J connectivity index is 2.06. The largest absolute Gasteiger partial charge is 0.326 e. The Kier molecular flexibility index (Phi) is 4.47. The van der Waals surface area contributed by atoms with Crippen molar-refractivity contribution in [1.29, 1.82) is 0 Å². The average molecular weight is 334 g/mol. The molecule has 1 aromatic carbocycles. The second-order valence-electron chi connectivity index (χ2n) is 4.10. The first kappa shape index (κ1) is 14.2. The smallest absolute Gasteiger partial charge is 0.257 e. The number of anilines is 2. The monoisotopic (exact) mass is 333 g/mol. The summed E-state index contributed by atoms with van der Waals surface area (Å²) in [6.07, 6.45) is 3.10. The lowest BCUT2D eigenvalue weighted by Crippen LogP contribution is -2.12. The number of nitrogens with one attached hydrogen (secondary N) is 2. The third kappa shape index (κ3) is 3.89. The zero-order valence-electron chi connectivity index (χ0n) is 10.7. The van der Waals surface area contributed by atoms with Crippen LogP contribution in [-0.4, -0.2) is 16.8 Å². The molecule has 0 aliphatic carbocycles. The number of halogens is 1. The molecule has 0 atom stereocenters. The van der Waals surface area contributed by atoms with E-state index in [0.717, 1.165) is 4.47 Å². The van der Waals surface area contributed by atoms with Crippen LogP contribution in [-0.2, 0) is 4.79 Å². The lowest BCUT2D eigenvalue weighted by atomic mass is 10.2. The predicted octanol–water partition coefficient (Wildman–Crippen LogP) is 3.05. The highest BCUT2D eigenvalue weighted by Gasteiger charge is 2.07. The third-order valence-corrected chi connectivity index (χ3v) is 2.86. The zero-order chi connectivity index (χ0) is 14.5. The summed E-state index contributed by atoms with van der Waals surface area (Å²) in [5, 5.41) is 5.41. The molecule has 1 heterocycles. The number of carbonyl (C=O) groups excluding carboxylic acids is 2. The molecule has 102 valence electrons. The summed E-state index contributed by atoms with van der Waals surface area (Å²) in [5.74, 6) is -0.381. The Morgan fingerprint density at radius 3 is 2.20 bits per heavy atom. The van der Waals surface area contributed by atoms with E-state index in [4.69, 9.17) is 0 Å². The number of pyridine rings is 1. The van der Waals surface area contributed by atoms with E-state index < -0.39 is 0 Å². The molecule has 0 aliphatic rings. The molecule has 2 aromatic rings. The minimum absolute atomic E-state index is 0.137. The number of carbonyl (C=O) groups is 2. The van der Waals surface area contributed by atoms with Gasteiger partial charge in [0.2, 0.25) is 5.91 Å². The van der Waals surface area contributed by atoms with Crippen molar-refractivity contribution in [2.45, 2.75) is 6.92 Å². The van der Waals surface area contributed by atoms with E-state index >= 15 is 0 Å². The molecule has 2 rings (SSSR count). The molecule has 2 N–H and O–H groups in total. The Bertz CT molecular complexity index is 641. The van der Waals surface area contributed by atoms with Gasteiger partial charge in [-0.15, -0.1) is 0 Å². The molecule has 20 heavy (non-hydrogen) atoms. The maximum absolute atomic E-state index is 12.0. The summed E-state index contributed by atoms with van der Waals surface area (Å²) in [5.41, 5.74) is 1.79. The fraction of sp³-hybridized carbons (Fsp3) is 0.0714. The van der Waals surface area contributed by atoms with Crippen LogP contribution >= 0.6 is 15.9 Å². The van der Waals surface area contributed by atoms with Crippen molar-refractivity contribution < 1.29 is 9.59 Å². The van der Waals surface area contributed by atoms with E-state index in [1.54, 1.807) is 36.5 Å². The Morgan fingerprint density at radius 1 is 1.05 bits per heavy atom. The highest BCUT2D eigenvalue weighted by atomic mass is 79.9. The van der Waals surface area contributed by atoms with Crippen LogP contribution < -0.4 is 10.6 Å². The second-order valence-corrected chi connectivity index (χ2v) is 5.02. The Labute approximate surface area is 124 Å². The standard InChI is InChI=1S/C14H12BrN3O2/c1-9(19)17-12-2-4-13(5-3-12)18-14(20)10-6-11(15)8-16-7-10/h2-8H,1H3,(H,17,19)(H,18,20). The third-order valence-electron chi connectivity index (χ3n) is 2.43. The number of benzene rings is 1. The molecule has 0 fully saturated rings. The number of amides is 2. The van der Waals surface area contributed by atoms with Crippen molar-refractivity contribution in [1.82, 2.24) is 4.98 Å². The zero-order valence-corrected chi connectivity index (χ0v) is 12.3. The quantitative estimate of drug-likeness (QED) is 0.906. The summed E-state index contributed by atoms with van der Waals surface area (Å²) >= 11 is 3.27. The van der Waals surface area contributed by atoms with Gasteiger partial charge in [-0.1, -0.05) is 0 Å². The maximum Gasteiger partial charge on any atom is 0.257 e. The number of rotatable bonds is 3. The van der Waals surface area contributed by atoms with Crippen molar-refractivity contribution in [2.75, 3.05) is 10.6 Å². The van der Waals surface area contributed by atoms with Crippen LogP contribution in [0.15, 0.2) is 47.2 Å². The van der Waals surface area contributed by atoms with Gasteiger partial charge in [-0.3, -0.25) is 14.6 Å². The van der Waals surface area contributed by atoms with Gasteiger partial charge < -0.3 is 10.6 Å².